The zero-order valence-electron chi connectivity index (χ0n) is 11.3. The number of anilines is 1. The molecule has 4 heteroatoms. The van der Waals surface area contributed by atoms with Crippen LogP contribution in [0.1, 0.15) is 5.56 Å². The summed E-state index contributed by atoms with van der Waals surface area (Å²) in [4.78, 5) is 0. The van der Waals surface area contributed by atoms with Crippen LogP contribution >= 0.6 is 0 Å². The molecule has 0 aliphatic carbocycles. The summed E-state index contributed by atoms with van der Waals surface area (Å²) >= 11 is 0. The minimum absolute atomic E-state index is 0.549. The number of nitrogens with one attached hydrogen (secondary N) is 1. The molecule has 0 saturated heterocycles. The van der Waals surface area contributed by atoms with Crippen LogP contribution in [0.2, 0.25) is 0 Å². The van der Waals surface area contributed by atoms with Gasteiger partial charge in [-0.25, -0.2) is 0 Å². The van der Waals surface area contributed by atoms with E-state index in [4.69, 9.17) is 14.7 Å². The molecule has 0 saturated carbocycles. The van der Waals surface area contributed by atoms with Gasteiger partial charge in [0.2, 0.25) is 0 Å². The van der Waals surface area contributed by atoms with Crippen LogP contribution in [0.15, 0.2) is 48.5 Å². The third-order valence-electron chi connectivity index (χ3n) is 2.76. The third kappa shape index (κ3) is 3.66. The molecule has 1 N–H and O–H groups in total. The van der Waals surface area contributed by atoms with E-state index in [2.05, 4.69) is 11.4 Å². The van der Waals surface area contributed by atoms with Gasteiger partial charge in [-0.1, -0.05) is 18.2 Å². The molecule has 0 spiro atoms. The van der Waals surface area contributed by atoms with Crippen LogP contribution < -0.4 is 14.8 Å². The zero-order valence-corrected chi connectivity index (χ0v) is 11.3. The fourth-order valence-electron chi connectivity index (χ4n) is 1.78. The number of ether oxygens (including phenoxy) is 2. The lowest BCUT2D eigenvalue weighted by Crippen LogP contribution is -2.12. The number of benzene rings is 2. The van der Waals surface area contributed by atoms with Crippen molar-refractivity contribution in [1.82, 2.24) is 0 Å². The van der Waals surface area contributed by atoms with Crippen molar-refractivity contribution in [2.75, 3.05) is 25.6 Å². The minimum Gasteiger partial charge on any atom is -0.495 e. The number of nitriles is 1. The van der Waals surface area contributed by atoms with Crippen molar-refractivity contribution in [2.24, 2.45) is 0 Å². The summed E-state index contributed by atoms with van der Waals surface area (Å²) in [5, 5.41) is 12.1. The lowest BCUT2D eigenvalue weighted by atomic mass is 10.2. The summed E-state index contributed by atoms with van der Waals surface area (Å²) in [5.41, 5.74) is 1.43. The highest BCUT2D eigenvalue weighted by Gasteiger charge is 2.03. The summed E-state index contributed by atoms with van der Waals surface area (Å²) in [6, 6.07) is 17.0. The average Bonchev–Trinajstić information content (AvgIpc) is 2.52. The molecule has 0 amide bonds. The van der Waals surface area contributed by atoms with E-state index in [0.29, 0.717) is 24.5 Å². The first-order valence-electron chi connectivity index (χ1n) is 6.33. The van der Waals surface area contributed by atoms with Crippen molar-refractivity contribution in [1.29, 1.82) is 5.26 Å². The highest BCUT2D eigenvalue weighted by Crippen LogP contribution is 2.25. The van der Waals surface area contributed by atoms with Crippen LogP contribution in [-0.2, 0) is 0 Å². The molecular weight excluding hydrogens is 252 g/mol. The number of rotatable bonds is 6. The van der Waals surface area contributed by atoms with E-state index in [0.717, 1.165) is 11.4 Å². The van der Waals surface area contributed by atoms with E-state index < -0.39 is 0 Å². The Labute approximate surface area is 118 Å². The number of nitrogens with zero attached hydrogens (tertiary/aromatic N) is 1. The van der Waals surface area contributed by atoms with Gasteiger partial charge in [-0.05, 0) is 24.3 Å². The minimum atomic E-state index is 0.549. The predicted molar refractivity (Wildman–Crippen MR) is 78.1 cm³/mol. The van der Waals surface area contributed by atoms with E-state index in [-0.39, 0.29) is 0 Å². The van der Waals surface area contributed by atoms with Crippen LogP contribution in [0.5, 0.6) is 11.5 Å². The van der Waals surface area contributed by atoms with Crippen molar-refractivity contribution >= 4 is 5.69 Å². The van der Waals surface area contributed by atoms with E-state index in [1.54, 1.807) is 19.2 Å². The second-order valence-electron chi connectivity index (χ2n) is 4.12. The molecule has 0 aromatic heterocycles. The first kappa shape index (κ1) is 13.8. The van der Waals surface area contributed by atoms with E-state index >= 15 is 0 Å². The Balaban J connectivity index is 1.87. The first-order chi connectivity index (χ1) is 9.83. The van der Waals surface area contributed by atoms with Crippen LogP contribution in [0.25, 0.3) is 0 Å². The second-order valence-corrected chi connectivity index (χ2v) is 4.12. The standard InChI is InChI=1S/C16H16N2O2/c1-19-16-11-13(12-17)7-8-15(16)18-9-10-20-14-5-3-2-4-6-14/h2-8,11,18H,9-10H2,1H3. The Morgan fingerprint density at radius 2 is 1.95 bits per heavy atom. The van der Waals surface area contributed by atoms with Gasteiger partial charge >= 0.3 is 0 Å². The summed E-state index contributed by atoms with van der Waals surface area (Å²) in [7, 11) is 1.59. The molecule has 4 nitrogen and oxygen atoms in total. The highest BCUT2D eigenvalue weighted by molar-refractivity contribution is 5.59. The highest BCUT2D eigenvalue weighted by atomic mass is 16.5. The Bertz CT molecular complexity index is 591. The number of methoxy groups -OCH3 is 1. The smallest absolute Gasteiger partial charge is 0.143 e. The molecule has 0 bridgehead atoms. The maximum absolute atomic E-state index is 8.84. The Kier molecular flexibility index (Phi) is 4.85. The van der Waals surface area contributed by atoms with Gasteiger partial charge in [0.25, 0.3) is 0 Å². The maximum Gasteiger partial charge on any atom is 0.143 e. The summed E-state index contributed by atoms with van der Waals surface area (Å²) in [5.74, 6) is 1.50. The van der Waals surface area contributed by atoms with Crippen molar-refractivity contribution in [2.45, 2.75) is 0 Å². The van der Waals surface area contributed by atoms with E-state index in [1.165, 1.54) is 0 Å². The van der Waals surface area contributed by atoms with Gasteiger partial charge in [0.15, 0.2) is 0 Å². The molecule has 0 atom stereocenters. The van der Waals surface area contributed by atoms with E-state index in [9.17, 15) is 0 Å². The van der Waals surface area contributed by atoms with Gasteiger partial charge in [-0.15, -0.1) is 0 Å². The first-order valence-corrected chi connectivity index (χ1v) is 6.33. The van der Waals surface area contributed by atoms with Gasteiger partial charge in [0.1, 0.15) is 18.1 Å². The van der Waals surface area contributed by atoms with Gasteiger partial charge in [-0.2, -0.15) is 5.26 Å². The second kappa shape index (κ2) is 7.05. The molecule has 2 aromatic carbocycles. The molecule has 2 rings (SSSR count). The molecule has 0 aliphatic heterocycles. The molecule has 2 aromatic rings. The van der Waals surface area contributed by atoms with Crippen molar-refractivity contribution in [3.8, 4) is 17.6 Å². The van der Waals surface area contributed by atoms with Crippen LogP contribution in [0.3, 0.4) is 0 Å². The molecular formula is C16H16N2O2. The monoisotopic (exact) mass is 268 g/mol. The topological polar surface area (TPSA) is 54.3 Å². The largest absolute Gasteiger partial charge is 0.495 e. The molecule has 0 heterocycles. The van der Waals surface area contributed by atoms with Crippen molar-refractivity contribution in [3.63, 3.8) is 0 Å². The number of hydrogen-bond acceptors (Lipinski definition) is 4. The molecule has 0 unspecified atom stereocenters. The molecule has 0 fully saturated rings. The lowest BCUT2D eigenvalue weighted by Gasteiger charge is -2.12. The fraction of sp³-hybridized carbons (Fsp3) is 0.188. The summed E-state index contributed by atoms with van der Waals surface area (Å²) in [6.45, 7) is 1.20. The Hall–Kier alpha value is -2.67. The van der Waals surface area contributed by atoms with Crippen molar-refractivity contribution < 1.29 is 9.47 Å². The average molecular weight is 268 g/mol. The molecule has 0 aliphatic rings. The van der Waals surface area contributed by atoms with E-state index in [1.807, 2.05) is 36.4 Å². The van der Waals surface area contributed by atoms with Crippen molar-refractivity contribution in [3.05, 3.63) is 54.1 Å². The van der Waals surface area contributed by atoms with Gasteiger partial charge in [-0.3, -0.25) is 0 Å². The number of para-hydroxylation sites is 1. The number of hydrogen-bond donors (Lipinski definition) is 1. The summed E-state index contributed by atoms with van der Waals surface area (Å²) in [6.07, 6.45) is 0. The predicted octanol–water partition coefficient (Wildman–Crippen LogP) is 3.06. The quantitative estimate of drug-likeness (QED) is 0.818. The Morgan fingerprint density at radius 1 is 1.15 bits per heavy atom. The maximum atomic E-state index is 8.84. The normalized spacial score (nSPS) is 9.60. The van der Waals surface area contributed by atoms with Gasteiger partial charge < -0.3 is 14.8 Å². The lowest BCUT2D eigenvalue weighted by molar-refractivity contribution is 0.332. The SMILES string of the molecule is COc1cc(C#N)ccc1NCCOc1ccccc1. The fourth-order valence-corrected chi connectivity index (χ4v) is 1.78. The molecule has 102 valence electrons. The van der Waals surface area contributed by atoms with Gasteiger partial charge in [0, 0.05) is 12.6 Å². The van der Waals surface area contributed by atoms with Gasteiger partial charge in [0.05, 0.1) is 24.4 Å². The zero-order chi connectivity index (χ0) is 14.2. The van der Waals surface area contributed by atoms with Crippen LogP contribution in [0, 0.1) is 11.3 Å². The summed E-state index contributed by atoms with van der Waals surface area (Å²) < 4.78 is 10.8. The van der Waals surface area contributed by atoms with Crippen LogP contribution in [-0.4, -0.2) is 20.3 Å². The third-order valence-corrected chi connectivity index (χ3v) is 2.76. The van der Waals surface area contributed by atoms with Crippen LogP contribution in [0.4, 0.5) is 5.69 Å². The molecule has 20 heavy (non-hydrogen) atoms. The molecule has 0 radical (unpaired) electrons. The Morgan fingerprint density at radius 3 is 2.65 bits per heavy atom.